The number of carbonyl (C=O) groups is 1. The van der Waals surface area contributed by atoms with Gasteiger partial charge in [0.15, 0.2) is 0 Å². The van der Waals surface area contributed by atoms with E-state index in [0.29, 0.717) is 44.0 Å². The van der Waals surface area contributed by atoms with Gasteiger partial charge < -0.3 is 14.9 Å². The first-order valence-corrected chi connectivity index (χ1v) is 8.38. The Bertz CT molecular complexity index is 647. The highest BCUT2D eigenvalue weighted by atomic mass is 19.4. The molecule has 1 aromatic rings. The minimum atomic E-state index is -4.83. The van der Waals surface area contributed by atoms with Gasteiger partial charge in [-0.2, -0.15) is 13.2 Å². The Hall–Kier alpha value is -1.90. The summed E-state index contributed by atoms with van der Waals surface area (Å²) < 4.78 is 37.8. The van der Waals surface area contributed by atoms with Gasteiger partial charge in [0, 0.05) is 43.9 Å². The van der Waals surface area contributed by atoms with Crippen LogP contribution < -0.4 is 4.90 Å². The van der Waals surface area contributed by atoms with Gasteiger partial charge >= 0.3 is 12.1 Å². The molecule has 0 spiro atoms. The molecule has 6 nitrogen and oxygen atoms in total. The first-order chi connectivity index (χ1) is 11.7. The Labute approximate surface area is 143 Å². The molecule has 3 rings (SSSR count). The fourth-order valence-corrected chi connectivity index (χ4v) is 3.30. The van der Waals surface area contributed by atoms with Crippen molar-refractivity contribution < 1.29 is 23.1 Å². The molecule has 0 unspecified atom stereocenters. The minimum absolute atomic E-state index is 0.0128. The lowest BCUT2D eigenvalue weighted by Crippen LogP contribution is -2.43. The number of halogens is 3. The van der Waals surface area contributed by atoms with E-state index in [9.17, 15) is 23.1 Å². The largest absolute Gasteiger partial charge is 0.471 e. The zero-order valence-corrected chi connectivity index (χ0v) is 14.0. The molecule has 2 aliphatic rings. The summed E-state index contributed by atoms with van der Waals surface area (Å²) >= 11 is 0. The Morgan fingerprint density at radius 1 is 1.20 bits per heavy atom. The molecule has 1 saturated carbocycles. The molecular weight excluding hydrogens is 337 g/mol. The average molecular weight is 358 g/mol. The number of hydrogen-bond donors (Lipinski definition) is 1. The van der Waals surface area contributed by atoms with Crippen LogP contribution in [0, 0.1) is 6.92 Å². The molecule has 0 aromatic carbocycles. The van der Waals surface area contributed by atoms with Crippen molar-refractivity contribution in [2.75, 3.05) is 31.1 Å². The summed E-state index contributed by atoms with van der Waals surface area (Å²) in [6.07, 6.45) is -3.33. The van der Waals surface area contributed by atoms with E-state index >= 15 is 0 Å². The Morgan fingerprint density at radius 3 is 2.56 bits per heavy atom. The summed E-state index contributed by atoms with van der Waals surface area (Å²) in [6.45, 7) is 2.70. The summed E-state index contributed by atoms with van der Waals surface area (Å²) in [6, 6.07) is 1.85. The SMILES string of the molecule is Cc1nc(C2CC(O)C2)cc(N2CCCN(C(=O)C(F)(F)F)CC2)n1. The number of amides is 1. The zero-order chi connectivity index (χ0) is 18.2. The van der Waals surface area contributed by atoms with Crippen LogP contribution in [0.4, 0.5) is 19.0 Å². The zero-order valence-electron chi connectivity index (χ0n) is 14.0. The van der Waals surface area contributed by atoms with E-state index in [0.717, 1.165) is 10.6 Å². The van der Waals surface area contributed by atoms with Gasteiger partial charge in [0.1, 0.15) is 11.6 Å². The van der Waals surface area contributed by atoms with Gasteiger partial charge in [0.05, 0.1) is 6.10 Å². The van der Waals surface area contributed by atoms with Crippen molar-refractivity contribution >= 4 is 11.7 Å². The third-order valence-corrected chi connectivity index (χ3v) is 4.73. The lowest BCUT2D eigenvalue weighted by atomic mass is 9.80. The van der Waals surface area contributed by atoms with Crippen LogP contribution in [0.5, 0.6) is 0 Å². The number of alkyl halides is 3. The molecule has 1 aliphatic carbocycles. The molecule has 2 fully saturated rings. The number of hydrogen-bond acceptors (Lipinski definition) is 5. The van der Waals surface area contributed by atoms with E-state index in [4.69, 9.17) is 0 Å². The number of aliphatic hydroxyl groups excluding tert-OH is 1. The highest BCUT2D eigenvalue weighted by molar-refractivity contribution is 5.81. The van der Waals surface area contributed by atoms with Gasteiger partial charge in [-0.1, -0.05) is 0 Å². The molecule has 9 heteroatoms. The fourth-order valence-electron chi connectivity index (χ4n) is 3.30. The molecule has 1 amide bonds. The van der Waals surface area contributed by atoms with Crippen LogP contribution in [0.25, 0.3) is 0 Å². The lowest BCUT2D eigenvalue weighted by Gasteiger charge is -2.32. The maximum Gasteiger partial charge on any atom is 0.471 e. The van der Waals surface area contributed by atoms with Crippen molar-refractivity contribution in [3.63, 3.8) is 0 Å². The van der Waals surface area contributed by atoms with Crippen LogP contribution in [-0.2, 0) is 4.79 Å². The van der Waals surface area contributed by atoms with Crippen molar-refractivity contribution in [1.29, 1.82) is 0 Å². The monoisotopic (exact) mass is 358 g/mol. The van der Waals surface area contributed by atoms with Crippen molar-refractivity contribution in [3.8, 4) is 0 Å². The van der Waals surface area contributed by atoms with Crippen molar-refractivity contribution in [2.24, 2.45) is 0 Å². The van der Waals surface area contributed by atoms with Crippen molar-refractivity contribution in [3.05, 3.63) is 17.6 Å². The van der Waals surface area contributed by atoms with Crippen LogP contribution in [0.1, 0.15) is 36.7 Å². The van der Waals surface area contributed by atoms with Gasteiger partial charge in [0.25, 0.3) is 0 Å². The normalized spacial score (nSPS) is 24.7. The number of aliphatic hydroxyl groups is 1. The maximum atomic E-state index is 12.6. The van der Waals surface area contributed by atoms with E-state index in [-0.39, 0.29) is 25.1 Å². The maximum absolute atomic E-state index is 12.6. The van der Waals surface area contributed by atoms with Gasteiger partial charge in [-0.05, 0) is 26.2 Å². The molecule has 1 saturated heterocycles. The Kier molecular flexibility index (Phi) is 4.86. The first kappa shape index (κ1) is 17.9. The molecule has 1 N–H and O–H groups in total. The third-order valence-electron chi connectivity index (χ3n) is 4.73. The molecule has 1 aromatic heterocycles. The predicted molar refractivity (Wildman–Crippen MR) is 84.2 cm³/mol. The molecule has 1 aliphatic heterocycles. The van der Waals surface area contributed by atoms with Gasteiger partial charge in [-0.25, -0.2) is 9.97 Å². The second-order valence-electron chi connectivity index (χ2n) is 6.65. The van der Waals surface area contributed by atoms with Crippen molar-refractivity contribution in [1.82, 2.24) is 14.9 Å². The second kappa shape index (κ2) is 6.78. The van der Waals surface area contributed by atoms with E-state index in [1.54, 1.807) is 6.92 Å². The molecule has 0 bridgehead atoms. The summed E-state index contributed by atoms with van der Waals surface area (Å²) in [5, 5.41) is 9.47. The molecule has 138 valence electrons. The number of carbonyl (C=O) groups excluding carboxylic acids is 1. The van der Waals surface area contributed by atoms with Gasteiger partial charge in [0.2, 0.25) is 0 Å². The molecule has 2 heterocycles. The summed E-state index contributed by atoms with van der Waals surface area (Å²) in [5.41, 5.74) is 0.861. The van der Waals surface area contributed by atoms with E-state index in [1.807, 2.05) is 11.0 Å². The second-order valence-corrected chi connectivity index (χ2v) is 6.65. The number of rotatable bonds is 2. The smallest absolute Gasteiger partial charge is 0.393 e. The van der Waals surface area contributed by atoms with Gasteiger partial charge in [-0.15, -0.1) is 0 Å². The number of aryl methyl sites for hydroxylation is 1. The Morgan fingerprint density at radius 2 is 1.92 bits per heavy atom. The first-order valence-electron chi connectivity index (χ1n) is 8.38. The third kappa shape index (κ3) is 4.02. The quantitative estimate of drug-likeness (QED) is 0.870. The predicted octanol–water partition coefficient (Wildman–Crippen LogP) is 1.62. The Balaban J connectivity index is 1.71. The summed E-state index contributed by atoms with van der Waals surface area (Å²) in [7, 11) is 0. The van der Waals surface area contributed by atoms with Crippen LogP contribution in [-0.4, -0.2) is 64.3 Å². The number of nitrogens with zero attached hydrogens (tertiary/aromatic N) is 4. The number of aromatic nitrogens is 2. The van der Waals surface area contributed by atoms with Crippen molar-refractivity contribution in [2.45, 2.75) is 44.4 Å². The standard InChI is InChI=1S/C16H21F3N4O2/c1-10-20-13(11-7-12(24)8-11)9-14(21-10)22-3-2-4-23(6-5-22)15(25)16(17,18)19/h9,11-12,24H,2-8H2,1H3. The summed E-state index contributed by atoms with van der Waals surface area (Å²) in [5.74, 6) is -0.311. The summed E-state index contributed by atoms with van der Waals surface area (Å²) in [4.78, 5) is 23.0. The lowest BCUT2D eigenvalue weighted by molar-refractivity contribution is -0.185. The minimum Gasteiger partial charge on any atom is -0.393 e. The average Bonchev–Trinajstić information content (AvgIpc) is 2.75. The highest BCUT2D eigenvalue weighted by Crippen LogP contribution is 2.36. The fraction of sp³-hybridized carbons (Fsp3) is 0.688. The number of anilines is 1. The van der Waals surface area contributed by atoms with Crippen LogP contribution in [0.3, 0.4) is 0 Å². The van der Waals surface area contributed by atoms with Crippen LogP contribution in [0.15, 0.2) is 6.07 Å². The van der Waals surface area contributed by atoms with Crippen LogP contribution in [0.2, 0.25) is 0 Å². The van der Waals surface area contributed by atoms with E-state index in [2.05, 4.69) is 9.97 Å². The molecular formula is C16H21F3N4O2. The molecule has 0 radical (unpaired) electrons. The highest BCUT2D eigenvalue weighted by Gasteiger charge is 2.42. The van der Waals surface area contributed by atoms with Gasteiger partial charge in [-0.3, -0.25) is 4.79 Å². The molecule has 25 heavy (non-hydrogen) atoms. The van der Waals surface area contributed by atoms with Crippen LogP contribution >= 0.6 is 0 Å². The van der Waals surface area contributed by atoms with E-state index < -0.39 is 12.1 Å². The topological polar surface area (TPSA) is 69.6 Å². The van der Waals surface area contributed by atoms with E-state index in [1.165, 1.54) is 0 Å². The molecule has 0 atom stereocenters.